The number of benzene rings is 2. The third-order valence-electron chi connectivity index (χ3n) is 3.20. The molecule has 0 amide bonds. The van der Waals surface area contributed by atoms with E-state index >= 15 is 0 Å². The third kappa shape index (κ3) is 4.29. The van der Waals surface area contributed by atoms with Gasteiger partial charge in [0.15, 0.2) is 5.96 Å². The number of aryl methyl sites for hydroxylation is 2. The molecule has 0 radical (unpaired) electrons. The second kappa shape index (κ2) is 6.72. The molecule has 0 bridgehead atoms. The molecule has 0 spiro atoms. The van der Waals surface area contributed by atoms with Gasteiger partial charge in [0, 0.05) is 5.69 Å². The van der Waals surface area contributed by atoms with Crippen molar-refractivity contribution in [1.82, 2.24) is 0 Å². The highest BCUT2D eigenvalue weighted by molar-refractivity contribution is 9.10. The van der Waals surface area contributed by atoms with E-state index in [1.165, 1.54) is 17.2 Å². The normalized spacial score (nSPS) is 11.5. The topological polar surface area (TPSA) is 50.4 Å². The van der Waals surface area contributed by atoms with Crippen LogP contribution in [0.3, 0.4) is 0 Å². The van der Waals surface area contributed by atoms with Crippen LogP contribution in [-0.2, 0) is 6.54 Å². The van der Waals surface area contributed by atoms with Crippen LogP contribution in [0.4, 0.5) is 10.1 Å². The number of hydrogen-bond acceptors (Lipinski definition) is 1. The number of aliphatic imine (C=N–C) groups is 1. The first-order valence-corrected chi connectivity index (χ1v) is 7.33. The zero-order valence-electron chi connectivity index (χ0n) is 12.0. The highest BCUT2D eigenvalue weighted by Crippen LogP contribution is 2.17. The van der Waals surface area contributed by atoms with E-state index < -0.39 is 0 Å². The van der Waals surface area contributed by atoms with Crippen LogP contribution in [0, 0.1) is 19.7 Å². The van der Waals surface area contributed by atoms with Crippen molar-refractivity contribution in [3.8, 4) is 0 Å². The minimum absolute atomic E-state index is 0.302. The SMILES string of the molecule is Cc1ccc(NC(N)=NCc2ccc(Br)c(F)c2)cc1C. The van der Waals surface area contributed by atoms with Gasteiger partial charge in [-0.25, -0.2) is 9.38 Å². The first-order chi connectivity index (χ1) is 9.95. The van der Waals surface area contributed by atoms with Crippen molar-refractivity contribution < 1.29 is 4.39 Å². The molecular formula is C16H17BrFN3. The molecule has 3 nitrogen and oxygen atoms in total. The van der Waals surface area contributed by atoms with E-state index in [-0.39, 0.29) is 5.82 Å². The molecule has 0 saturated heterocycles. The van der Waals surface area contributed by atoms with Crippen molar-refractivity contribution in [3.63, 3.8) is 0 Å². The summed E-state index contributed by atoms with van der Waals surface area (Å²) >= 11 is 3.12. The fourth-order valence-corrected chi connectivity index (χ4v) is 2.07. The Kier molecular flexibility index (Phi) is 4.96. The maximum absolute atomic E-state index is 13.4. The van der Waals surface area contributed by atoms with E-state index in [9.17, 15) is 4.39 Å². The molecule has 21 heavy (non-hydrogen) atoms. The van der Waals surface area contributed by atoms with Gasteiger partial charge >= 0.3 is 0 Å². The van der Waals surface area contributed by atoms with Gasteiger partial charge in [-0.2, -0.15) is 0 Å². The van der Waals surface area contributed by atoms with Crippen molar-refractivity contribution in [2.75, 3.05) is 5.32 Å². The summed E-state index contributed by atoms with van der Waals surface area (Å²) in [6.45, 7) is 4.42. The Morgan fingerprint density at radius 2 is 1.95 bits per heavy atom. The predicted octanol–water partition coefficient (Wildman–Crippen LogP) is 4.13. The lowest BCUT2D eigenvalue weighted by Gasteiger charge is -2.08. The second-order valence-corrected chi connectivity index (χ2v) is 5.73. The number of nitrogens with two attached hydrogens (primary N) is 1. The minimum Gasteiger partial charge on any atom is -0.370 e. The van der Waals surface area contributed by atoms with Gasteiger partial charge in [-0.15, -0.1) is 0 Å². The number of nitrogens with one attached hydrogen (secondary N) is 1. The molecule has 3 N–H and O–H groups in total. The molecule has 0 atom stereocenters. The van der Waals surface area contributed by atoms with E-state index in [1.54, 1.807) is 12.1 Å². The summed E-state index contributed by atoms with van der Waals surface area (Å²) in [5.41, 5.74) is 9.91. The number of anilines is 1. The number of guanidine groups is 1. The summed E-state index contributed by atoms with van der Waals surface area (Å²) < 4.78 is 13.8. The Bertz CT molecular complexity index is 683. The zero-order valence-corrected chi connectivity index (χ0v) is 13.5. The molecule has 0 saturated carbocycles. The van der Waals surface area contributed by atoms with Crippen molar-refractivity contribution in [1.29, 1.82) is 0 Å². The average Bonchev–Trinajstić information content (AvgIpc) is 2.44. The van der Waals surface area contributed by atoms with Gasteiger partial charge in [0.2, 0.25) is 0 Å². The average molecular weight is 350 g/mol. The maximum atomic E-state index is 13.4. The lowest BCUT2D eigenvalue weighted by Crippen LogP contribution is -2.22. The van der Waals surface area contributed by atoms with Gasteiger partial charge in [-0.3, -0.25) is 0 Å². The molecule has 2 aromatic carbocycles. The van der Waals surface area contributed by atoms with E-state index in [2.05, 4.69) is 33.2 Å². The van der Waals surface area contributed by atoms with Gasteiger partial charge in [-0.1, -0.05) is 12.1 Å². The van der Waals surface area contributed by atoms with Crippen molar-refractivity contribution in [2.24, 2.45) is 10.7 Å². The van der Waals surface area contributed by atoms with Crippen molar-refractivity contribution >= 4 is 27.6 Å². The largest absolute Gasteiger partial charge is 0.370 e. The highest BCUT2D eigenvalue weighted by Gasteiger charge is 2.01. The molecule has 110 valence electrons. The van der Waals surface area contributed by atoms with Crippen LogP contribution >= 0.6 is 15.9 Å². The van der Waals surface area contributed by atoms with Gasteiger partial charge in [0.05, 0.1) is 11.0 Å². The Balaban J connectivity index is 2.03. The Morgan fingerprint density at radius 1 is 1.19 bits per heavy atom. The van der Waals surface area contributed by atoms with E-state index in [0.717, 1.165) is 11.3 Å². The summed E-state index contributed by atoms with van der Waals surface area (Å²) in [7, 11) is 0. The fraction of sp³-hybridized carbons (Fsp3) is 0.188. The fourth-order valence-electron chi connectivity index (χ4n) is 1.82. The van der Waals surface area contributed by atoms with E-state index in [1.807, 2.05) is 25.1 Å². The monoisotopic (exact) mass is 349 g/mol. The smallest absolute Gasteiger partial charge is 0.193 e. The summed E-state index contributed by atoms with van der Waals surface area (Å²) in [4.78, 5) is 4.21. The molecule has 0 unspecified atom stereocenters. The molecular weight excluding hydrogens is 333 g/mol. The van der Waals surface area contributed by atoms with Crippen LogP contribution in [0.25, 0.3) is 0 Å². The first kappa shape index (κ1) is 15.5. The lowest BCUT2D eigenvalue weighted by atomic mass is 10.1. The quantitative estimate of drug-likeness (QED) is 0.646. The van der Waals surface area contributed by atoms with Crippen molar-refractivity contribution in [2.45, 2.75) is 20.4 Å². The summed E-state index contributed by atoms with van der Waals surface area (Å²) in [6, 6.07) is 10.9. The molecule has 0 fully saturated rings. The van der Waals surface area contributed by atoms with E-state index in [4.69, 9.17) is 5.73 Å². The van der Waals surface area contributed by atoms with Gasteiger partial charge in [0.1, 0.15) is 5.82 Å². The number of rotatable bonds is 3. The Labute approximate surface area is 132 Å². The molecule has 2 rings (SSSR count). The van der Waals surface area contributed by atoms with Crippen molar-refractivity contribution in [3.05, 3.63) is 63.4 Å². The zero-order chi connectivity index (χ0) is 15.4. The predicted molar refractivity (Wildman–Crippen MR) is 89.0 cm³/mol. The standard InChI is InChI=1S/C16H17BrFN3/c1-10-3-5-13(7-11(10)2)21-16(19)20-9-12-4-6-14(17)15(18)8-12/h3-8H,9H2,1-2H3,(H3,19,20,21). The van der Waals surface area contributed by atoms with Crippen LogP contribution in [0.1, 0.15) is 16.7 Å². The summed E-state index contributed by atoms with van der Waals surface area (Å²) in [5, 5.41) is 3.03. The van der Waals surface area contributed by atoms with Gasteiger partial charge < -0.3 is 11.1 Å². The third-order valence-corrected chi connectivity index (χ3v) is 3.84. The maximum Gasteiger partial charge on any atom is 0.193 e. The Hall–Kier alpha value is -1.88. The second-order valence-electron chi connectivity index (χ2n) is 4.87. The molecule has 0 aliphatic heterocycles. The summed E-state index contributed by atoms with van der Waals surface area (Å²) in [5.74, 6) is 0.00460. The summed E-state index contributed by atoms with van der Waals surface area (Å²) in [6.07, 6.45) is 0. The van der Waals surface area contributed by atoms with Crippen LogP contribution in [0.15, 0.2) is 45.9 Å². The number of hydrogen-bond donors (Lipinski definition) is 2. The molecule has 0 aliphatic rings. The molecule has 0 aliphatic carbocycles. The number of nitrogens with zero attached hydrogens (tertiary/aromatic N) is 1. The molecule has 5 heteroatoms. The van der Waals surface area contributed by atoms with Crippen LogP contribution in [-0.4, -0.2) is 5.96 Å². The van der Waals surface area contributed by atoms with Gasteiger partial charge in [-0.05, 0) is 70.7 Å². The number of halogens is 2. The van der Waals surface area contributed by atoms with Crippen LogP contribution in [0.5, 0.6) is 0 Å². The molecule has 2 aromatic rings. The molecule has 0 heterocycles. The lowest BCUT2D eigenvalue weighted by molar-refractivity contribution is 0.619. The Morgan fingerprint density at radius 3 is 2.62 bits per heavy atom. The van der Waals surface area contributed by atoms with Gasteiger partial charge in [0.25, 0.3) is 0 Å². The minimum atomic E-state index is -0.302. The van der Waals surface area contributed by atoms with Crippen LogP contribution in [0.2, 0.25) is 0 Å². The van der Waals surface area contributed by atoms with Crippen LogP contribution < -0.4 is 11.1 Å². The van der Waals surface area contributed by atoms with E-state index in [0.29, 0.717) is 17.0 Å². The first-order valence-electron chi connectivity index (χ1n) is 6.54. The highest BCUT2D eigenvalue weighted by atomic mass is 79.9. The molecule has 0 aromatic heterocycles.